The SMILES string of the molecule is CNC(=O)CCC(C=O)n1c(C)nc2cccc(C#Cc3ccc(CN4CC(C)CC(C)C4)cn3)c2c1=O. The smallest absolute Gasteiger partial charge is 0.263 e. The molecular weight excluding hydrogens is 478 g/mol. The predicted molar refractivity (Wildman–Crippen MR) is 148 cm³/mol. The van der Waals surface area contributed by atoms with Gasteiger partial charge in [0.05, 0.1) is 16.9 Å². The van der Waals surface area contributed by atoms with Crippen LogP contribution in [0.1, 0.15) is 61.8 Å². The van der Waals surface area contributed by atoms with Gasteiger partial charge in [-0.05, 0) is 61.3 Å². The molecule has 0 aliphatic carbocycles. The van der Waals surface area contributed by atoms with E-state index in [2.05, 4.69) is 51.9 Å². The number of aryl methyl sites for hydroxylation is 1. The Hall–Kier alpha value is -3.83. The largest absolute Gasteiger partial charge is 0.359 e. The van der Waals surface area contributed by atoms with E-state index in [1.165, 1.54) is 18.0 Å². The van der Waals surface area contributed by atoms with Crippen LogP contribution in [-0.2, 0) is 16.1 Å². The molecule has 0 bridgehead atoms. The Morgan fingerprint density at radius 3 is 2.61 bits per heavy atom. The topological polar surface area (TPSA) is 97.2 Å². The molecule has 3 unspecified atom stereocenters. The van der Waals surface area contributed by atoms with Crippen LogP contribution in [0, 0.1) is 30.6 Å². The normalized spacial score (nSPS) is 18.4. The van der Waals surface area contributed by atoms with Gasteiger partial charge in [-0.1, -0.05) is 31.9 Å². The van der Waals surface area contributed by atoms with Gasteiger partial charge in [0.1, 0.15) is 17.8 Å². The van der Waals surface area contributed by atoms with Gasteiger partial charge in [-0.15, -0.1) is 0 Å². The Kier molecular flexibility index (Phi) is 8.70. The molecule has 1 aromatic carbocycles. The highest BCUT2D eigenvalue weighted by Crippen LogP contribution is 2.22. The Morgan fingerprint density at radius 2 is 1.95 bits per heavy atom. The minimum absolute atomic E-state index is 0.128. The highest BCUT2D eigenvalue weighted by atomic mass is 16.2. The molecule has 38 heavy (non-hydrogen) atoms. The summed E-state index contributed by atoms with van der Waals surface area (Å²) in [6, 6.07) is 8.51. The van der Waals surface area contributed by atoms with Crippen LogP contribution in [0.15, 0.2) is 41.3 Å². The van der Waals surface area contributed by atoms with Gasteiger partial charge in [-0.25, -0.2) is 9.97 Å². The Bertz CT molecular complexity index is 1420. The van der Waals surface area contributed by atoms with E-state index in [-0.39, 0.29) is 24.3 Å². The number of carbonyl (C=O) groups excluding carboxylic acids is 2. The van der Waals surface area contributed by atoms with Gasteiger partial charge >= 0.3 is 0 Å². The first-order valence-corrected chi connectivity index (χ1v) is 13.2. The number of carbonyl (C=O) groups is 2. The molecule has 1 amide bonds. The predicted octanol–water partition coefficient (Wildman–Crippen LogP) is 3.24. The first-order valence-electron chi connectivity index (χ1n) is 13.2. The fraction of sp³-hybridized carbons (Fsp3) is 0.433. The summed E-state index contributed by atoms with van der Waals surface area (Å²) in [6.45, 7) is 9.39. The number of rotatable bonds is 7. The highest BCUT2D eigenvalue weighted by Gasteiger charge is 2.22. The summed E-state index contributed by atoms with van der Waals surface area (Å²) < 4.78 is 1.36. The van der Waals surface area contributed by atoms with Crippen LogP contribution in [0.5, 0.6) is 0 Å². The van der Waals surface area contributed by atoms with Gasteiger partial charge in [-0.2, -0.15) is 0 Å². The maximum atomic E-state index is 13.6. The first-order chi connectivity index (χ1) is 18.3. The number of amides is 1. The second-order valence-electron chi connectivity index (χ2n) is 10.4. The molecule has 3 atom stereocenters. The summed E-state index contributed by atoms with van der Waals surface area (Å²) in [5.41, 5.74) is 2.45. The van der Waals surface area contributed by atoms with E-state index >= 15 is 0 Å². The van der Waals surface area contributed by atoms with Crippen molar-refractivity contribution >= 4 is 23.1 Å². The maximum absolute atomic E-state index is 13.6. The number of pyridine rings is 1. The van der Waals surface area contributed by atoms with E-state index in [1.807, 2.05) is 18.3 Å². The molecule has 1 fully saturated rings. The van der Waals surface area contributed by atoms with Crippen LogP contribution in [0.2, 0.25) is 0 Å². The van der Waals surface area contributed by atoms with E-state index in [0.29, 0.717) is 46.1 Å². The third-order valence-corrected chi connectivity index (χ3v) is 7.04. The number of benzene rings is 1. The van der Waals surface area contributed by atoms with E-state index in [0.717, 1.165) is 25.2 Å². The Labute approximate surface area is 223 Å². The zero-order valence-electron chi connectivity index (χ0n) is 22.5. The monoisotopic (exact) mass is 513 g/mol. The van der Waals surface area contributed by atoms with Gasteiger partial charge in [-0.3, -0.25) is 19.1 Å². The van der Waals surface area contributed by atoms with Crippen LogP contribution >= 0.6 is 0 Å². The van der Waals surface area contributed by atoms with Crippen molar-refractivity contribution < 1.29 is 9.59 Å². The molecule has 1 aliphatic rings. The van der Waals surface area contributed by atoms with E-state index in [1.54, 1.807) is 19.1 Å². The quantitative estimate of drug-likeness (QED) is 0.385. The molecule has 1 N–H and O–H groups in total. The minimum Gasteiger partial charge on any atom is -0.359 e. The summed E-state index contributed by atoms with van der Waals surface area (Å²) in [6.07, 6.45) is 4.18. The number of hydrogen-bond donors (Lipinski definition) is 1. The summed E-state index contributed by atoms with van der Waals surface area (Å²) in [5, 5.41) is 2.89. The highest BCUT2D eigenvalue weighted by molar-refractivity contribution is 5.84. The van der Waals surface area contributed by atoms with Crippen LogP contribution in [0.3, 0.4) is 0 Å². The minimum atomic E-state index is -0.794. The van der Waals surface area contributed by atoms with Crippen molar-refractivity contribution in [1.82, 2.24) is 24.8 Å². The lowest BCUT2D eigenvalue weighted by molar-refractivity contribution is -0.121. The molecule has 3 aromatic rings. The third-order valence-electron chi connectivity index (χ3n) is 7.04. The van der Waals surface area contributed by atoms with Gasteiger partial charge in [0.25, 0.3) is 5.56 Å². The molecule has 4 rings (SSSR count). The maximum Gasteiger partial charge on any atom is 0.263 e. The van der Waals surface area contributed by atoms with Gasteiger partial charge in [0.2, 0.25) is 5.91 Å². The summed E-state index contributed by atoms with van der Waals surface area (Å²) in [4.78, 5) is 48.7. The summed E-state index contributed by atoms with van der Waals surface area (Å²) >= 11 is 0. The van der Waals surface area contributed by atoms with Gasteiger partial charge in [0.15, 0.2) is 0 Å². The molecule has 0 spiro atoms. The lowest BCUT2D eigenvalue weighted by Crippen LogP contribution is -2.38. The number of hydrogen-bond acceptors (Lipinski definition) is 6. The number of likely N-dealkylation sites (tertiary alicyclic amines) is 1. The first kappa shape index (κ1) is 27.2. The molecular formula is C30H35N5O3. The zero-order chi connectivity index (χ0) is 27.2. The fourth-order valence-electron chi connectivity index (χ4n) is 5.41. The van der Waals surface area contributed by atoms with Crippen molar-refractivity contribution in [3.8, 4) is 11.8 Å². The molecule has 8 nitrogen and oxygen atoms in total. The molecule has 198 valence electrons. The summed E-state index contributed by atoms with van der Waals surface area (Å²) in [5.74, 6) is 7.80. The van der Waals surface area contributed by atoms with Crippen molar-refractivity contribution in [1.29, 1.82) is 0 Å². The lowest BCUT2D eigenvalue weighted by Gasteiger charge is -2.34. The number of piperidine rings is 1. The van der Waals surface area contributed by atoms with E-state index in [9.17, 15) is 14.4 Å². The second-order valence-corrected chi connectivity index (χ2v) is 10.4. The van der Waals surface area contributed by atoms with Crippen molar-refractivity contribution in [3.63, 3.8) is 0 Å². The summed E-state index contributed by atoms with van der Waals surface area (Å²) in [7, 11) is 1.54. The van der Waals surface area contributed by atoms with E-state index < -0.39 is 6.04 Å². The average molecular weight is 514 g/mol. The van der Waals surface area contributed by atoms with Crippen LogP contribution in [0.25, 0.3) is 10.9 Å². The Morgan fingerprint density at radius 1 is 1.18 bits per heavy atom. The molecule has 3 heterocycles. The number of nitrogens with zero attached hydrogens (tertiary/aromatic N) is 4. The number of nitrogens with one attached hydrogen (secondary N) is 1. The molecule has 8 heteroatoms. The Balaban J connectivity index is 1.60. The van der Waals surface area contributed by atoms with Crippen molar-refractivity contribution in [3.05, 3.63) is 69.5 Å². The van der Waals surface area contributed by atoms with E-state index in [4.69, 9.17) is 0 Å². The van der Waals surface area contributed by atoms with Crippen molar-refractivity contribution in [2.45, 2.75) is 52.6 Å². The average Bonchev–Trinajstić information content (AvgIpc) is 2.89. The van der Waals surface area contributed by atoms with Crippen molar-refractivity contribution in [2.75, 3.05) is 20.1 Å². The standard InChI is InChI=1S/C30H35N5O3/c1-20-14-21(2)17-34(16-20)18-23-8-10-25(32-15-23)11-9-24-6-5-7-27-29(24)30(38)35(22(3)33-27)26(19-36)12-13-28(37)31-4/h5-8,10,15,19-21,26H,12-14,16-18H2,1-4H3,(H,31,37). The van der Waals surface area contributed by atoms with Gasteiger partial charge in [0, 0.05) is 44.9 Å². The lowest BCUT2D eigenvalue weighted by atomic mass is 9.92. The van der Waals surface area contributed by atoms with Crippen LogP contribution < -0.4 is 10.9 Å². The molecule has 2 aromatic heterocycles. The van der Waals surface area contributed by atoms with Crippen LogP contribution in [0.4, 0.5) is 0 Å². The molecule has 0 radical (unpaired) electrons. The third kappa shape index (κ3) is 6.35. The zero-order valence-corrected chi connectivity index (χ0v) is 22.5. The fourth-order valence-corrected chi connectivity index (χ4v) is 5.41. The van der Waals surface area contributed by atoms with Crippen molar-refractivity contribution in [2.24, 2.45) is 11.8 Å². The van der Waals surface area contributed by atoms with Gasteiger partial charge < -0.3 is 10.1 Å². The van der Waals surface area contributed by atoms with Crippen LogP contribution in [-0.4, -0.2) is 51.8 Å². The second kappa shape index (κ2) is 12.1. The molecule has 1 saturated heterocycles. The number of fused-ring (bicyclic) bond motifs is 1. The number of aromatic nitrogens is 3. The molecule has 0 saturated carbocycles. The molecule has 1 aliphatic heterocycles. The number of aldehydes is 1.